The first-order valence-electron chi connectivity index (χ1n) is 7.53. The van der Waals surface area contributed by atoms with Crippen LogP contribution in [0.4, 0.5) is 5.13 Å². The number of nitrogens with one attached hydrogen (secondary N) is 1. The van der Waals surface area contributed by atoms with Crippen molar-refractivity contribution in [1.29, 1.82) is 0 Å². The minimum Gasteiger partial charge on any atom is -0.483 e. The summed E-state index contributed by atoms with van der Waals surface area (Å²) in [6.45, 7) is 1.88. The van der Waals surface area contributed by atoms with Gasteiger partial charge >= 0.3 is 0 Å². The zero-order chi connectivity index (χ0) is 18.5. The van der Waals surface area contributed by atoms with E-state index >= 15 is 0 Å². The Bertz CT molecular complexity index is 886. The van der Waals surface area contributed by atoms with Crippen LogP contribution in [0.2, 0.25) is 5.02 Å². The number of anilines is 1. The quantitative estimate of drug-likeness (QED) is 0.597. The Balaban J connectivity index is 1.59. The van der Waals surface area contributed by atoms with Crippen LogP contribution in [0.3, 0.4) is 0 Å². The number of ether oxygens (including phenoxy) is 1. The number of nitrogens with zero attached hydrogens (tertiary/aromatic N) is 5. The molecule has 2 aromatic heterocycles. The van der Waals surface area contributed by atoms with E-state index < -0.39 is 0 Å². The number of amides is 1. The van der Waals surface area contributed by atoms with Crippen LogP contribution in [0.5, 0.6) is 5.75 Å². The maximum absolute atomic E-state index is 11.9. The Kier molecular flexibility index (Phi) is 6.07. The lowest BCUT2D eigenvalue weighted by molar-refractivity contribution is -0.113. The Morgan fingerprint density at radius 1 is 1.42 bits per heavy atom. The largest absolute Gasteiger partial charge is 0.483 e. The van der Waals surface area contributed by atoms with E-state index in [9.17, 15) is 4.79 Å². The Hall–Kier alpha value is -2.17. The Labute approximate surface area is 162 Å². The minimum absolute atomic E-state index is 0.181. The molecule has 2 heterocycles. The highest BCUT2D eigenvalue weighted by Gasteiger charge is 2.18. The highest BCUT2D eigenvalue weighted by molar-refractivity contribution is 7.99. The van der Waals surface area contributed by atoms with Gasteiger partial charge in [0.2, 0.25) is 11.0 Å². The molecule has 1 aromatic carbocycles. The van der Waals surface area contributed by atoms with Crippen molar-refractivity contribution in [2.24, 2.45) is 7.05 Å². The lowest BCUT2D eigenvalue weighted by Crippen LogP contribution is -2.14. The van der Waals surface area contributed by atoms with E-state index in [4.69, 9.17) is 16.3 Å². The number of carbonyl (C=O) groups is 1. The maximum atomic E-state index is 11.9. The van der Waals surface area contributed by atoms with Crippen molar-refractivity contribution in [3.63, 3.8) is 0 Å². The molecule has 0 aliphatic rings. The maximum Gasteiger partial charge on any atom is 0.236 e. The van der Waals surface area contributed by atoms with Gasteiger partial charge in [-0.1, -0.05) is 40.8 Å². The SMILES string of the molecule is CC(Oc1cccc(Cl)c1)c1nnc(SCC(=O)Nc2nncs2)n1C. The number of carbonyl (C=O) groups excluding carboxylic acids is 1. The molecule has 3 rings (SSSR count). The molecule has 0 bridgehead atoms. The first kappa shape index (κ1) is 18.6. The van der Waals surface area contributed by atoms with Gasteiger partial charge in [0.15, 0.2) is 17.1 Å². The molecule has 11 heteroatoms. The fourth-order valence-electron chi connectivity index (χ4n) is 2.12. The van der Waals surface area contributed by atoms with Crippen LogP contribution < -0.4 is 10.1 Å². The molecule has 1 unspecified atom stereocenters. The van der Waals surface area contributed by atoms with Gasteiger partial charge in [0.05, 0.1) is 5.75 Å². The van der Waals surface area contributed by atoms with Crippen molar-refractivity contribution in [3.8, 4) is 5.75 Å². The molecule has 1 N–H and O–H groups in total. The smallest absolute Gasteiger partial charge is 0.236 e. The summed E-state index contributed by atoms with van der Waals surface area (Å²) >= 11 is 8.51. The predicted octanol–water partition coefficient (Wildman–Crippen LogP) is 3.19. The van der Waals surface area contributed by atoms with Crippen molar-refractivity contribution in [1.82, 2.24) is 25.0 Å². The zero-order valence-corrected chi connectivity index (χ0v) is 16.3. The molecule has 1 atom stereocenters. The Morgan fingerprint density at radius 3 is 3.00 bits per heavy atom. The summed E-state index contributed by atoms with van der Waals surface area (Å²) in [6.07, 6.45) is -0.324. The van der Waals surface area contributed by atoms with Crippen LogP contribution >= 0.6 is 34.7 Å². The van der Waals surface area contributed by atoms with E-state index in [-0.39, 0.29) is 17.8 Å². The number of thioether (sulfide) groups is 1. The topological polar surface area (TPSA) is 94.8 Å². The number of halogens is 1. The third-order valence-corrected chi connectivity index (χ3v) is 5.14. The third-order valence-electron chi connectivity index (χ3n) is 3.28. The molecular weight excluding hydrogens is 396 g/mol. The molecule has 0 saturated carbocycles. The van der Waals surface area contributed by atoms with Gasteiger partial charge in [-0.3, -0.25) is 10.1 Å². The number of hydrogen-bond acceptors (Lipinski definition) is 8. The number of hydrogen-bond donors (Lipinski definition) is 1. The van der Waals surface area contributed by atoms with E-state index in [0.717, 1.165) is 0 Å². The molecule has 0 spiro atoms. The summed E-state index contributed by atoms with van der Waals surface area (Å²) in [4.78, 5) is 11.9. The average Bonchev–Trinajstić information content (AvgIpc) is 3.23. The molecule has 0 fully saturated rings. The van der Waals surface area contributed by atoms with Crippen LogP contribution in [0.1, 0.15) is 18.9 Å². The van der Waals surface area contributed by atoms with Crippen molar-refractivity contribution >= 4 is 45.7 Å². The van der Waals surface area contributed by atoms with Crippen molar-refractivity contribution in [2.45, 2.75) is 18.2 Å². The van der Waals surface area contributed by atoms with Gasteiger partial charge < -0.3 is 9.30 Å². The standard InChI is InChI=1S/C15H15ClN6O2S2/c1-9(24-11-5-3-4-10(16)6-11)13-19-21-15(22(13)2)25-7-12(23)18-14-20-17-8-26-14/h3-6,8-9H,7H2,1-2H3,(H,18,20,23). The molecule has 3 aromatic rings. The zero-order valence-electron chi connectivity index (χ0n) is 13.9. The lowest BCUT2D eigenvalue weighted by Gasteiger charge is -2.14. The highest BCUT2D eigenvalue weighted by Crippen LogP contribution is 2.25. The molecule has 136 valence electrons. The molecule has 1 amide bonds. The van der Waals surface area contributed by atoms with Gasteiger partial charge in [-0.25, -0.2) is 0 Å². The summed E-state index contributed by atoms with van der Waals surface area (Å²) in [5.41, 5.74) is 1.55. The molecule has 8 nitrogen and oxygen atoms in total. The van der Waals surface area contributed by atoms with Gasteiger partial charge in [-0.2, -0.15) is 0 Å². The van der Waals surface area contributed by atoms with Crippen molar-refractivity contribution in [2.75, 3.05) is 11.1 Å². The molecular formula is C15H15ClN6O2S2. The summed E-state index contributed by atoms with van der Waals surface area (Å²) < 4.78 is 7.66. The fraction of sp³-hybridized carbons (Fsp3) is 0.267. The second kappa shape index (κ2) is 8.47. The number of rotatable bonds is 7. The average molecular weight is 411 g/mol. The Morgan fingerprint density at radius 2 is 2.27 bits per heavy atom. The van der Waals surface area contributed by atoms with Crippen molar-refractivity contribution < 1.29 is 9.53 Å². The third kappa shape index (κ3) is 4.71. The van der Waals surface area contributed by atoms with E-state index in [1.807, 2.05) is 26.1 Å². The molecule has 0 aliphatic heterocycles. The summed E-state index contributed by atoms with van der Waals surface area (Å²) in [6, 6.07) is 7.16. The van der Waals surface area contributed by atoms with E-state index in [1.54, 1.807) is 22.2 Å². The van der Waals surface area contributed by atoms with Crippen LogP contribution in [-0.2, 0) is 11.8 Å². The van der Waals surface area contributed by atoms with Gasteiger partial charge in [0, 0.05) is 12.1 Å². The van der Waals surface area contributed by atoms with E-state index in [1.165, 1.54) is 23.1 Å². The predicted molar refractivity (Wildman–Crippen MR) is 101 cm³/mol. The molecule has 0 aliphatic carbocycles. The summed E-state index contributed by atoms with van der Waals surface area (Å²) in [7, 11) is 1.83. The highest BCUT2D eigenvalue weighted by atomic mass is 35.5. The van der Waals surface area contributed by atoms with Gasteiger partial charge in [0.25, 0.3) is 0 Å². The monoisotopic (exact) mass is 410 g/mol. The molecule has 0 radical (unpaired) electrons. The number of aromatic nitrogens is 5. The minimum atomic E-state index is -0.324. The van der Waals surface area contributed by atoms with Gasteiger partial charge in [-0.15, -0.1) is 20.4 Å². The molecule has 26 heavy (non-hydrogen) atoms. The normalized spacial score (nSPS) is 12.0. The summed E-state index contributed by atoms with van der Waals surface area (Å²) in [5, 5.41) is 20.1. The van der Waals surface area contributed by atoms with Crippen molar-refractivity contribution in [3.05, 3.63) is 40.6 Å². The van der Waals surface area contributed by atoms with Crippen LogP contribution in [0.15, 0.2) is 34.9 Å². The first-order valence-corrected chi connectivity index (χ1v) is 9.77. The first-order chi connectivity index (χ1) is 12.5. The van der Waals surface area contributed by atoms with E-state index in [2.05, 4.69) is 25.7 Å². The second-order valence-electron chi connectivity index (χ2n) is 5.20. The lowest BCUT2D eigenvalue weighted by atomic mass is 10.3. The van der Waals surface area contributed by atoms with Crippen LogP contribution in [-0.4, -0.2) is 36.6 Å². The van der Waals surface area contributed by atoms with Gasteiger partial charge in [-0.05, 0) is 25.1 Å². The van der Waals surface area contributed by atoms with E-state index in [0.29, 0.717) is 26.9 Å². The fourth-order valence-corrected chi connectivity index (χ4v) is 3.48. The van der Waals surface area contributed by atoms with Crippen LogP contribution in [0.25, 0.3) is 0 Å². The van der Waals surface area contributed by atoms with Crippen LogP contribution in [0, 0.1) is 0 Å². The van der Waals surface area contributed by atoms with Gasteiger partial charge in [0.1, 0.15) is 11.3 Å². The number of benzene rings is 1. The summed E-state index contributed by atoms with van der Waals surface area (Å²) in [5.74, 6) is 1.31. The molecule has 0 saturated heterocycles. The second-order valence-corrected chi connectivity index (χ2v) is 7.41.